The molecule has 0 aliphatic heterocycles. The summed E-state index contributed by atoms with van der Waals surface area (Å²) in [6, 6.07) is 8.94. The maximum Gasteiger partial charge on any atom is 0.333 e. The Morgan fingerprint density at radius 3 is 2.33 bits per heavy atom. The maximum atomic E-state index is 10.2. The standard InChI is InChI=1S/C7H9NO3S/c9-12(10,11)8-6-7-4-2-1-3-5-7/h1-5,8H,6H2,(H,9,10,11). The summed E-state index contributed by atoms with van der Waals surface area (Å²) in [5.41, 5.74) is 0.801. The lowest BCUT2D eigenvalue weighted by atomic mass is 10.2. The monoisotopic (exact) mass is 187 g/mol. The van der Waals surface area contributed by atoms with Crippen LogP contribution < -0.4 is 4.72 Å². The number of hydrogen-bond donors (Lipinski definition) is 2. The average molecular weight is 187 g/mol. The van der Waals surface area contributed by atoms with Crippen molar-refractivity contribution in [1.29, 1.82) is 0 Å². The molecule has 0 saturated heterocycles. The number of rotatable bonds is 3. The van der Waals surface area contributed by atoms with Gasteiger partial charge in [-0.05, 0) is 5.56 Å². The lowest BCUT2D eigenvalue weighted by Gasteiger charge is -1.99. The molecule has 0 fully saturated rings. The molecule has 0 atom stereocenters. The molecule has 2 N–H and O–H groups in total. The molecule has 12 heavy (non-hydrogen) atoms. The molecule has 0 heterocycles. The Morgan fingerprint density at radius 1 is 1.25 bits per heavy atom. The maximum absolute atomic E-state index is 10.2. The zero-order valence-electron chi connectivity index (χ0n) is 6.27. The second-order valence-corrected chi connectivity index (χ2v) is 3.52. The van der Waals surface area contributed by atoms with Gasteiger partial charge in [-0.15, -0.1) is 0 Å². The van der Waals surface area contributed by atoms with Gasteiger partial charge >= 0.3 is 10.3 Å². The van der Waals surface area contributed by atoms with E-state index in [1.165, 1.54) is 0 Å². The number of nitrogens with one attached hydrogen (secondary N) is 1. The Kier molecular flexibility index (Phi) is 2.80. The van der Waals surface area contributed by atoms with E-state index in [9.17, 15) is 8.42 Å². The predicted octanol–water partition coefficient (Wildman–Crippen LogP) is 0.579. The third-order valence-corrected chi connectivity index (χ3v) is 1.81. The number of hydrogen-bond acceptors (Lipinski definition) is 2. The van der Waals surface area contributed by atoms with E-state index in [0.717, 1.165) is 5.56 Å². The molecule has 1 aromatic carbocycles. The zero-order valence-corrected chi connectivity index (χ0v) is 7.08. The topological polar surface area (TPSA) is 66.4 Å². The van der Waals surface area contributed by atoms with Crippen LogP contribution >= 0.6 is 0 Å². The summed E-state index contributed by atoms with van der Waals surface area (Å²) in [5, 5.41) is 0. The molecule has 0 aliphatic rings. The van der Waals surface area contributed by atoms with Gasteiger partial charge in [0.25, 0.3) is 0 Å². The molecule has 66 valence electrons. The smallest absolute Gasteiger partial charge is 0.273 e. The third-order valence-electron chi connectivity index (χ3n) is 1.30. The van der Waals surface area contributed by atoms with Gasteiger partial charge in [0.15, 0.2) is 0 Å². The van der Waals surface area contributed by atoms with E-state index in [4.69, 9.17) is 4.55 Å². The van der Waals surface area contributed by atoms with Crippen LogP contribution in [0.25, 0.3) is 0 Å². The number of benzene rings is 1. The van der Waals surface area contributed by atoms with E-state index >= 15 is 0 Å². The molecule has 0 unspecified atom stereocenters. The van der Waals surface area contributed by atoms with Crippen molar-refractivity contribution in [1.82, 2.24) is 4.72 Å². The zero-order chi connectivity index (χ0) is 9.03. The fraction of sp³-hybridized carbons (Fsp3) is 0.143. The Bertz CT molecular complexity index is 333. The Balaban J connectivity index is 2.56. The highest BCUT2D eigenvalue weighted by Gasteiger charge is 2.01. The molecular weight excluding hydrogens is 178 g/mol. The van der Waals surface area contributed by atoms with Crippen LogP contribution in [0.15, 0.2) is 30.3 Å². The molecule has 0 aliphatic carbocycles. The first-order chi connectivity index (χ1) is 5.58. The van der Waals surface area contributed by atoms with Gasteiger partial charge in [-0.25, -0.2) is 0 Å². The van der Waals surface area contributed by atoms with Crippen LogP contribution in [0.2, 0.25) is 0 Å². The van der Waals surface area contributed by atoms with Crippen LogP contribution in [0, 0.1) is 0 Å². The van der Waals surface area contributed by atoms with Crippen molar-refractivity contribution >= 4 is 10.3 Å². The van der Waals surface area contributed by atoms with Gasteiger partial charge in [-0.3, -0.25) is 4.55 Å². The van der Waals surface area contributed by atoms with E-state index in [0.29, 0.717) is 0 Å². The van der Waals surface area contributed by atoms with Crippen molar-refractivity contribution < 1.29 is 13.0 Å². The van der Waals surface area contributed by atoms with Gasteiger partial charge in [0.05, 0.1) is 0 Å². The second-order valence-electron chi connectivity index (χ2n) is 2.28. The van der Waals surface area contributed by atoms with Gasteiger partial charge in [-0.1, -0.05) is 30.3 Å². The summed E-state index contributed by atoms with van der Waals surface area (Å²) < 4.78 is 30.8. The fourth-order valence-electron chi connectivity index (χ4n) is 0.770. The van der Waals surface area contributed by atoms with E-state index in [1.807, 2.05) is 10.8 Å². The fourth-order valence-corrected chi connectivity index (χ4v) is 1.12. The van der Waals surface area contributed by atoms with Crippen LogP contribution in [0.1, 0.15) is 5.56 Å². The summed E-state index contributed by atoms with van der Waals surface area (Å²) in [5.74, 6) is 0. The SMILES string of the molecule is O=S(=O)(O)NCc1ccccc1. The molecule has 0 bridgehead atoms. The van der Waals surface area contributed by atoms with Crippen LogP contribution in [-0.2, 0) is 16.8 Å². The van der Waals surface area contributed by atoms with Gasteiger partial charge in [0.2, 0.25) is 0 Å². The molecular formula is C7H9NO3S. The largest absolute Gasteiger partial charge is 0.333 e. The van der Waals surface area contributed by atoms with E-state index in [1.54, 1.807) is 24.3 Å². The minimum atomic E-state index is -4.07. The molecule has 0 spiro atoms. The Hall–Kier alpha value is -0.910. The van der Waals surface area contributed by atoms with Crippen molar-refractivity contribution in [2.24, 2.45) is 0 Å². The van der Waals surface area contributed by atoms with Crippen molar-refractivity contribution in [3.8, 4) is 0 Å². The third kappa shape index (κ3) is 3.47. The highest BCUT2D eigenvalue weighted by atomic mass is 32.2. The van der Waals surface area contributed by atoms with E-state index in [2.05, 4.69) is 0 Å². The minimum absolute atomic E-state index is 0.111. The first-order valence-corrected chi connectivity index (χ1v) is 4.78. The van der Waals surface area contributed by atoms with E-state index in [-0.39, 0.29) is 6.54 Å². The molecule has 0 radical (unpaired) electrons. The first-order valence-electron chi connectivity index (χ1n) is 3.34. The summed E-state index contributed by atoms with van der Waals surface area (Å²) >= 11 is 0. The Labute approximate surface area is 71.1 Å². The molecule has 5 heteroatoms. The molecule has 0 saturated carbocycles. The van der Waals surface area contributed by atoms with Crippen molar-refractivity contribution in [2.75, 3.05) is 0 Å². The summed E-state index contributed by atoms with van der Waals surface area (Å²) in [4.78, 5) is 0. The van der Waals surface area contributed by atoms with Crippen molar-refractivity contribution in [3.63, 3.8) is 0 Å². The Morgan fingerprint density at radius 2 is 1.83 bits per heavy atom. The molecule has 1 rings (SSSR count). The highest BCUT2D eigenvalue weighted by Crippen LogP contribution is 1.97. The lowest BCUT2D eigenvalue weighted by molar-refractivity contribution is 0.467. The summed E-state index contributed by atoms with van der Waals surface area (Å²) in [7, 11) is -4.07. The predicted molar refractivity (Wildman–Crippen MR) is 44.8 cm³/mol. The van der Waals surface area contributed by atoms with E-state index < -0.39 is 10.3 Å². The lowest BCUT2D eigenvalue weighted by Crippen LogP contribution is -2.21. The molecule has 1 aromatic rings. The molecule has 4 nitrogen and oxygen atoms in total. The van der Waals surface area contributed by atoms with Crippen LogP contribution in [0.5, 0.6) is 0 Å². The normalized spacial score (nSPS) is 11.4. The molecule has 0 aromatic heterocycles. The summed E-state index contributed by atoms with van der Waals surface area (Å²) in [6.45, 7) is 0.111. The summed E-state index contributed by atoms with van der Waals surface area (Å²) in [6.07, 6.45) is 0. The van der Waals surface area contributed by atoms with Gasteiger partial charge < -0.3 is 0 Å². The minimum Gasteiger partial charge on any atom is -0.273 e. The molecule has 0 amide bonds. The van der Waals surface area contributed by atoms with Gasteiger partial charge in [-0.2, -0.15) is 13.1 Å². The van der Waals surface area contributed by atoms with Crippen LogP contribution in [0.3, 0.4) is 0 Å². The first kappa shape index (κ1) is 9.18. The van der Waals surface area contributed by atoms with Gasteiger partial charge in [0.1, 0.15) is 0 Å². The van der Waals surface area contributed by atoms with Crippen LogP contribution in [0.4, 0.5) is 0 Å². The average Bonchev–Trinajstić information content (AvgIpc) is 2.02. The van der Waals surface area contributed by atoms with Crippen LogP contribution in [-0.4, -0.2) is 13.0 Å². The quantitative estimate of drug-likeness (QED) is 0.680. The second kappa shape index (κ2) is 3.66. The van der Waals surface area contributed by atoms with Gasteiger partial charge in [0, 0.05) is 6.54 Å². The van der Waals surface area contributed by atoms with Crippen molar-refractivity contribution in [3.05, 3.63) is 35.9 Å². The van der Waals surface area contributed by atoms with Crippen molar-refractivity contribution in [2.45, 2.75) is 6.54 Å². The highest BCUT2D eigenvalue weighted by molar-refractivity contribution is 7.83.